The van der Waals surface area contributed by atoms with E-state index in [4.69, 9.17) is 10.00 Å². The van der Waals surface area contributed by atoms with E-state index in [0.29, 0.717) is 19.1 Å². The molecule has 0 atom stereocenters. The molecule has 0 aliphatic rings. The van der Waals surface area contributed by atoms with Crippen molar-refractivity contribution in [2.75, 3.05) is 19.7 Å². The summed E-state index contributed by atoms with van der Waals surface area (Å²) in [4.78, 5) is 2.25. The molecule has 0 N–H and O–H groups in total. The van der Waals surface area contributed by atoms with Gasteiger partial charge in [0.2, 0.25) is 0 Å². The number of hydrogen-bond donors (Lipinski definition) is 0. The lowest BCUT2D eigenvalue weighted by atomic mass is 10.3. The quantitative estimate of drug-likeness (QED) is 0.774. The Bertz CT molecular complexity index is 384. The molecule has 0 aromatic heterocycles. The molecule has 0 aliphatic carbocycles. The summed E-state index contributed by atoms with van der Waals surface area (Å²) in [5.41, 5.74) is 0. The normalized spacial score (nSPS) is 10.7. The standard InChI is InChI=1S/C14H19BrN2O/c1-12(2)17(9-3-8-16)10-11-18-14-6-4-13(15)5-7-14/h4-7,12H,3,9-11H2,1-2H3. The van der Waals surface area contributed by atoms with Gasteiger partial charge in [-0.05, 0) is 38.1 Å². The molecule has 1 aromatic carbocycles. The monoisotopic (exact) mass is 310 g/mol. The Morgan fingerprint density at radius 3 is 2.50 bits per heavy atom. The topological polar surface area (TPSA) is 36.3 Å². The molecule has 0 aliphatic heterocycles. The number of ether oxygens (including phenoxy) is 1. The van der Waals surface area contributed by atoms with Gasteiger partial charge in [-0.3, -0.25) is 4.90 Å². The van der Waals surface area contributed by atoms with Crippen molar-refractivity contribution in [1.29, 1.82) is 5.26 Å². The first-order chi connectivity index (χ1) is 8.63. The molecule has 0 bridgehead atoms. The van der Waals surface area contributed by atoms with E-state index in [9.17, 15) is 0 Å². The van der Waals surface area contributed by atoms with Crippen molar-refractivity contribution >= 4 is 15.9 Å². The summed E-state index contributed by atoms with van der Waals surface area (Å²) < 4.78 is 6.72. The van der Waals surface area contributed by atoms with E-state index in [-0.39, 0.29) is 0 Å². The minimum absolute atomic E-state index is 0.437. The van der Waals surface area contributed by atoms with Gasteiger partial charge in [-0.15, -0.1) is 0 Å². The van der Waals surface area contributed by atoms with E-state index in [2.05, 4.69) is 40.7 Å². The van der Waals surface area contributed by atoms with E-state index < -0.39 is 0 Å². The molecule has 0 saturated carbocycles. The summed E-state index contributed by atoms with van der Waals surface area (Å²) >= 11 is 3.39. The van der Waals surface area contributed by atoms with Crippen LogP contribution in [0.3, 0.4) is 0 Å². The minimum Gasteiger partial charge on any atom is -0.492 e. The molecule has 0 radical (unpaired) electrons. The number of nitrogens with zero attached hydrogens (tertiary/aromatic N) is 2. The fourth-order valence-electron chi connectivity index (χ4n) is 1.63. The van der Waals surface area contributed by atoms with Gasteiger partial charge >= 0.3 is 0 Å². The molecule has 98 valence electrons. The molecule has 0 spiro atoms. The third kappa shape index (κ3) is 5.52. The van der Waals surface area contributed by atoms with Gasteiger partial charge in [-0.1, -0.05) is 15.9 Å². The zero-order valence-electron chi connectivity index (χ0n) is 10.9. The highest BCUT2D eigenvalue weighted by atomic mass is 79.9. The zero-order valence-corrected chi connectivity index (χ0v) is 12.5. The Kier molecular flexibility index (Phi) is 6.77. The van der Waals surface area contributed by atoms with Crippen molar-refractivity contribution in [3.8, 4) is 11.8 Å². The third-order valence-corrected chi connectivity index (χ3v) is 3.23. The SMILES string of the molecule is CC(C)N(CCC#N)CCOc1ccc(Br)cc1. The van der Waals surface area contributed by atoms with Crippen molar-refractivity contribution in [3.05, 3.63) is 28.7 Å². The largest absolute Gasteiger partial charge is 0.492 e. The lowest BCUT2D eigenvalue weighted by Gasteiger charge is -2.25. The Labute approximate surface area is 117 Å². The van der Waals surface area contributed by atoms with E-state index in [0.717, 1.165) is 23.3 Å². The first-order valence-corrected chi connectivity index (χ1v) is 6.92. The Morgan fingerprint density at radius 1 is 1.28 bits per heavy atom. The second-order valence-electron chi connectivity index (χ2n) is 4.34. The van der Waals surface area contributed by atoms with Gasteiger partial charge in [0, 0.05) is 30.0 Å². The molecule has 1 rings (SSSR count). The van der Waals surface area contributed by atoms with Crippen LogP contribution in [0, 0.1) is 11.3 Å². The van der Waals surface area contributed by atoms with E-state index in [1.807, 2.05) is 24.3 Å². The highest BCUT2D eigenvalue weighted by molar-refractivity contribution is 9.10. The number of hydrogen-bond acceptors (Lipinski definition) is 3. The van der Waals surface area contributed by atoms with E-state index >= 15 is 0 Å². The molecule has 4 heteroatoms. The first-order valence-electron chi connectivity index (χ1n) is 6.13. The summed E-state index contributed by atoms with van der Waals surface area (Å²) in [6.45, 7) is 6.56. The zero-order chi connectivity index (χ0) is 13.4. The summed E-state index contributed by atoms with van der Waals surface area (Å²) in [6.07, 6.45) is 0.566. The van der Waals surface area contributed by atoms with Crippen LogP contribution in [0.5, 0.6) is 5.75 Å². The van der Waals surface area contributed by atoms with Gasteiger partial charge < -0.3 is 4.74 Å². The molecule has 0 unspecified atom stereocenters. The minimum atomic E-state index is 0.437. The molecular formula is C14H19BrN2O. The molecule has 0 fully saturated rings. The van der Waals surface area contributed by atoms with Crippen molar-refractivity contribution in [2.24, 2.45) is 0 Å². The van der Waals surface area contributed by atoms with Crippen LogP contribution in [-0.2, 0) is 0 Å². The molecule has 0 saturated heterocycles. The molecule has 18 heavy (non-hydrogen) atoms. The predicted molar refractivity (Wildman–Crippen MR) is 76.6 cm³/mol. The maximum atomic E-state index is 8.61. The average Bonchev–Trinajstić information content (AvgIpc) is 2.35. The molecule has 0 heterocycles. The highest BCUT2D eigenvalue weighted by Gasteiger charge is 2.08. The lowest BCUT2D eigenvalue weighted by molar-refractivity contribution is 0.179. The maximum Gasteiger partial charge on any atom is 0.119 e. The highest BCUT2D eigenvalue weighted by Crippen LogP contribution is 2.16. The van der Waals surface area contributed by atoms with E-state index in [1.165, 1.54) is 0 Å². The van der Waals surface area contributed by atoms with Crippen LogP contribution in [0.15, 0.2) is 28.7 Å². The molecule has 0 amide bonds. The number of benzene rings is 1. The van der Waals surface area contributed by atoms with Crippen LogP contribution in [0.25, 0.3) is 0 Å². The number of nitriles is 1. The Morgan fingerprint density at radius 2 is 1.94 bits per heavy atom. The lowest BCUT2D eigenvalue weighted by Crippen LogP contribution is -2.35. The molecule has 3 nitrogen and oxygen atoms in total. The Balaban J connectivity index is 2.34. The Hall–Kier alpha value is -1.05. The summed E-state index contributed by atoms with van der Waals surface area (Å²) in [5.74, 6) is 0.877. The maximum absolute atomic E-state index is 8.61. The van der Waals surface area contributed by atoms with Gasteiger partial charge in [0.25, 0.3) is 0 Å². The summed E-state index contributed by atoms with van der Waals surface area (Å²) in [6, 6.07) is 10.4. The summed E-state index contributed by atoms with van der Waals surface area (Å²) in [7, 11) is 0. The molecule has 1 aromatic rings. The van der Waals surface area contributed by atoms with Crippen LogP contribution < -0.4 is 4.74 Å². The first kappa shape index (κ1) is 15.0. The second kappa shape index (κ2) is 8.12. The fourth-order valence-corrected chi connectivity index (χ4v) is 1.90. The number of halogens is 1. The van der Waals surface area contributed by atoms with Crippen LogP contribution in [0.1, 0.15) is 20.3 Å². The van der Waals surface area contributed by atoms with Gasteiger partial charge in [-0.2, -0.15) is 5.26 Å². The smallest absolute Gasteiger partial charge is 0.119 e. The van der Waals surface area contributed by atoms with Gasteiger partial charge in [-0.25, -0.2) is 0 Å². The second-order valence-corrected chi connectivity index (χ2v) is 5.26. The fraction of sp³-hybridized carbons (Fsp3) is 0.500. The van der Waals surface area contributed by atoms with Crippen LogP contribution in [-0.4, -0.2) is 30.6 Å². The van der Waals surface area contributed by atoms with Crippen molar-refractivity contribution in [1.82, 2.24) is 4.90 Å². The third-order valence-electron chi connectivity index (χ3n) is 2.70. The predicted octanol–water partition coefficient (Wildman–Crippen LogP) is 3.45. The van der Waals surface area contributed by atoms with Crippen molar-refractivity contribution in [2.45, 2.75) is 26.3 Å². The number of rotatable bonds is 7. The van der Waals surface area contributed by atoms with Crippen molar-refractivity contribution in [3.63, 3.8) is 0 Å². The van der Waals surface area contributed by atoms with Crippen LogP contribution >= 0.6 is 15.9 Å². The van der Waals surface area contributed by atoms with E-state index in [1.54, 1.807) is 0 Å². The summed E-state index contributed by atoms with van der Waals surface area (Å²) in [5, 5.41) is 8.61. The van der Waals surface area contributed by atoms with Gasteiger partial charge in [0.05, 0.1) is 6.07 Å². The van der Waals surface area contributed by atoms with Crippen LogP contribution in [0.2, 0.25) is 0 Å². The van der Waals surface area contributed by atoms with Gasteiger partial charge in [0.15, 0.2) is 0 Å². The average molecular weight is 311 g/mol. The molecular weight excluding hydrogens is 292 g/mol. The van der Waals surface area contributed by atoms with Crippen molar-refractivity contribution < 1.29 is 4.74 Å². The van der Waals surface area contributed by atoms with Crippen LogP contribution in [0.4, 0.5) is 0 Å². The van der Waals surface area contributed by atoms with Gasteiger partial charge in [0.1, 0.15) is 12.4 Å².